The highest BCUT2D eigenvalue weighted by Gasteiger charge is 2.70. The van der Waals surface area contributed by atoms with Gasteiger partial charge in [0.05, 0.1) is 43.2 Å². The lowest BCUT2D eigenvalue weighted by Gasteiger charge is -2.61. The summed E-state index contributed by atoms with van der Waals surface area (Å²) in [5.41, 5.74) is 1.68. The molecule has 5 saturated heterocycles. The summed E-state index contributed by atoms with van der Waals surface area (Å²) in [6.45, 7) is 16.5. The zero-order valence-corrected chi connectivity index (χ0v) is 36.3. The Balaban J connectivity index is 1.02. The molecule has 0 amide bonds. The summed E-state index contributed by atoms with van der Waals surface area (Å²) in [6, 6.07) is 0. The van der Waals surface area contributed by atoms with Gasteiger partial charge in [-0.05, 0) is 88.4 Å². The van der Waals surface area contributed by atoms with E-state index in [1.807, 2.05) is 0 Å². The van der Waals surface area contributed by atoms with Crippen LogP contribution in [0, 0.1) is 40.4 Å². The molecule has 5 aliphatic heterocycles. The van der Waals surface area contributed by atoms with Crippen molar-refractivity contribution in [2.24, 2.45) is 40.4 Å². The average molecular weight is 867 g/mol. The number of fused-ring (bicyclic) bond motifs is 7. The summed E-state index contributed by atoms with van der Waals surface area (Å²) < 4.78 is 51.2. The predicted octanol–water partition coefficient (Wildman–Crippen LogP) is 1.16. The molecule has 26 atom stereocenters. The average Bonchev–Trinajstić information content (AvgIpc) is 3.67. The number of aliphatic hydroxyl groups is 8. The minimum Gasteiger partial charge on any atom is -0.388 e. The number of allylic oxidation sites excluding steroid dienone is 1. The van der Waals surface area contributed by atoms with Crippen LogP contribution in [0.4, 0.5) is 0 Å². The summed E-state index contributed by atoms with van der Waals surface area (Å²) in [6.07, 6.45) is -12.4. The highest BCUT2D eigenvalue weighted by molar-refractivity contribution is 5.29. The zero-order chi connectivity index (χ0) is 43.7. The minimum atomic E-state index is -1.68. The van der Waals surface area contributed by atoms with E-state index in [0.717, 1.165) is 49.7 Å². The van der Waals surface area contributed by atoms with Crippen molar-refractivity contribution in [2.45, 2.75) is 209 Å². The van der Waals surface area contributed by atoms with E-state index in [0.29, 0.717) is 37.2 Å². The molecule has 5 heterocycles. The van der Waals surface area contributed by atoms with E-state index in [1.165, 1.54) is 6.92 Å². The normalized spacial score (nSPS) is 58.4. The second-order valence-electron chi connectivity index (χ2n) is 20.7. The summed E-state index contributed by atoms with van der Waals surface area (Å²) in [4.78, 5) is 0. The summed E-state index contributed by atoms with van der Waals surface area (Å²) in [7, 11) is 0. The smallest absolute Gasteiger partial charge is 0.187 e. The topological polar surface area (TPSA) is 236 Å². The number of ether oxygens (including phenoxy) is 8. The van der Waals surface area contributed by atoms with Gasteiger partial charge in [-0.15, -0.1) is 0 Å². The maximum absolute atomic E-state index is 11.6. The molecule has 0 aromatic carbocycles. The van der Waals surface area contributed by atoms with Crippen LogP contribution in [0.5, 0.6) is 0 Å². The first-order valence-electron chi connectivity index (χ1n) is 22.8. The van der Waals surface area contributed by atoms with Gasteiger partial charge in [0.1, 0.15) is 54.9 Å². The Hall–Kier alpha value is -1.16. The molecule has 4 aliphatic carbocycles. The third kappa shape index (κ3) is 7.17. The second-order valence-corrected chi connectivity index (χ2v) is 20.7. The first kappa shape index (κ1) is 45.0. The molecule has 0 radical (unpaired) electrons. The van der Waals surface area contributed by atoms with Crippen LogP contribution in [0.3, 0.4) is 0 Å². The molecule has 1 spiro atoms. The quantitative estimate of drug-likeness (QED) is 0.175. The van der Waals surface area contributed by atoms with Crippen LogP contribution in [0.2, 0.25) is 0 Å². The van der Waals surface area contributed by atoms with Crippen LogP contribution in [0.1, 0.15) is 92.9 Å². The van der Waals surface area contributed by atoms with Crippen molar-refractivity contribution in [3.05, 3.63) is 23.8 Å². The van der Waals surface area contributed by atoms with Gasteiger partial charge in [0.15, 0.2) is 24.7 Å². The van der Waals surface area contributed by atoms with Crippen molar-refractivity contribution < 1.29 is 78.7 Å². The highest BCUT2D eigenvalue weighted by atomic mass is 16.8. The molecular formula is C45H70O16. The van der Waals surface area contributed by atoms with Crippen molar-refractivity contribution in [3.63, 3.8) is 0 Å². The summed E-state index contributed by atoms with van der Waals surface area (Å²) in [5.74, 6) is 0.839. The number of rotatable bonds is 6. The van der Waals surface area contributed by atoms with Gasteiger partial charge in [-0.1, -0.05) is 44.6 Å². The van der Waals surface area contributed by atoms with Crippen molar-refractivity contribution in [3.8, 4) is 0 Å². The number of aliphatic hydroxyl groups excluding tert-OH is 8. The van der Waals surface area contributed by atoms with E-state index in [9.17, 15) is 40.9 Å². The SMILES string of the molecule is C=C1CCC2(OC1)OC1CC3C4CC=C5CC(OC6OC(C)C(O)C(O)C6O)CC(OC6OC(C)C(O)C(O)C6OC6OC(C)C(O)C(O)C6O)C5(C)C4CCC3(C)C1C2C. The molecule has 0 bridgehead atoms. The Labute approximate surface area is 358 Å². The summed E-state index contributed by atoms with van der Waals surface area (Å²) >= 11 is 0. The monoisotopic (exact) mass is 866 g/mol. The Morgan fingerprint density at radius 3 is 1.92 bits per heavy atom. The molecule has 16 heteroatoms. The third-order valence-electron chi connectivity index (χ3n) is 17.5. The van der Waals surface area contributed by atoms with Gasteiger partial charge in [0.2, 0.25) is 0 Å². The number of hydrogen-bond donors (Lipinski definition) is 8. The van der Waals surface area contributed by atoms with Crippen LogP contribution in [-0.2, 0) is 37.9 Å². The van der Waals surface area contributed by atoms with E-state index >= 15 is 0 Å². The van der Waals surface area contributed by atoms with Gasteiger partial charge in [-0.25, -0.2) is 0 Å². The maximum Gasteiger partial charge on any atom is 0.187 e. The third-order valence-corrected chi connectivity index (χ3v) is 17.5. The van der Waals surface area contributed by atoms with Crippen LogP contribution in [0.15, 0.2) is 23.8 Å². The largest absolute Gasteiger partial charge is 0.388 e. The molecule has 346 valence electrons. The standard InChI is InChI=1S/C45H70O16/c1-18-10-13-45(54-17-18)19(2)30-28(61-45)16-27-25-9-8-23-14-24(58-40-37(52)34(49)31(46)20(3)55-40)15-29(44(23,7)26(25)11-12-43(27,30)6)59-42-39(36(51)33(48)22(5)57-42)60-41-38(53)35(50)32(47)21(4)56-41/h8,19-22,24-42,46-53H,1,9-17H2,2-7H3. The van der Waals surface area contributed by atoms with Crippen molar-refractivity contribution in [1.82, 2.24) is 0 Å². The first-order chi connectivity index (χ1) is 28.8. The Bertz CT molecular complexity index is 1650. The lowest BCUT2D eigenvalue weighted by molar-refractivity contribution is -0.373. The van der Waals surface area contributed by atoms with Crippen LogP contribution < -0.4 is 0 Å². The zero-order valence-electron chi connectivity index (χ0n) is 36.3. The molecule has 0 aromatic heterocycles. The van der Waals surface area contributed by atoms with Gasteiger partial charge in [-0.3, -0.25) is 0 Å². The molecule has 9 aliphatic rings. The van der Waals surface area contributed by atoms with E-state index in [-0.39, 0.29) is 23.4 Å². The van der Waals surface area contributed by atoms with E-state index < -0.39 is 116 Å². The molecule has 26 unspecified atom stereocenters. The molecule has 0 aromatic rings. The van der Waals surface area contributed by atoms with Crippen molar-refractivity contribution in [1.29, 1.82) is 0 Å². The highest BCUT2D eigenvalue weighted by Crippen LogP contribution is 2.71. The number of hydrogen-bond acceptors (Lipinski definition) is 16. The van der Waals surface area contributed by atoms with Gasteiger partial charge in [0, 0.05) is 24.2 Å². The molecule has 3 saturated carbocycles. The lowest BCUT2D eigenvalue weighted by Crippen LogP contribution is -2.65. The fourth-order valence-corrected chi connectivity index (χ4v) is 13.8. The first-order valence-corrected chi connectivity index (χ1v) is 22.8. The molecular weight excluding hydrogens is 796 g/mol. The lowest BCUT2D eigenvalue weighted by atomic mass is 9.46. The minimum absolute atomic E-state index is 0.0265. The van der Waals surface area contributed by atoms with Gasteiger partial charge in [0.25, 0.3) is 0 Å². The van der Waals surface area contributed by atoms with Gasteiger partial charge < -0.3 is 78.7 Å². The Kier molecular flexibility index (Phi) is 12.0. The van der Waals surface area contributed by atoms with Crippen LogP contribution in [-0.4, -0.2) is 164 Å². The van der Waals surface area contributed by atoms with E-state index in [4.69, 9.17) is 37.9 Å². The van der Waals surface area contributed by atoms with Gasteiger partial charge >= 0.3 is 0 Å². The molecule has 8 fully saturated rings. The fourth-order valence-electron chi connectivity index (χ4n) is 13.8. The summed E-state index contributed by atoms with van der Waals surface area (Å²) in [5, 5.41) is 86.5. The Morgan fingerprint density at radius 1 is 0.689 bits per heavy atom. The van der Waals surface area contributed by atoms with Gasteiger partial charge in [-0.2, -0.15) is 0 Å². The van der Waals surface area contributed by atoms with Crippen LogP contribution in [0.25, 0.3) is 0 Å². The van der Waals surface area contributed by atoms with Crippen molar-refractivity contribution in [2.75, 3.05) is 6.61 Å². The Morgan fingerprint density at radius 2 is 1.30 bits per heavy atom. The fraction of sp³-hybridized carbons (Fsp3) is 0.911. The van der Waals surface area contributed by atoms with E-state index in [1.54, 1.807) is 13.8 Å². The van der Waals surface area contributed by atoms with Crippen molar-refractivity contribution >= 4 is 0 Å². The molecule has 61 heavy (non-hydrogen) atoms. The molecule has 8 N–H and O–H groups in total. The van der Waals surface area contributed by atoms with Crippen LogP contribution >= 0.6 is 0 Å². The predicted molar refractivity (Wildman–Crippen MR) is 213 cm³/mol. The second kappa shape index (κ2) is 16.3. The molecule has 9 rings (SSSR count). The maximum atomic E-state index is 11.6. The van der Waals surface area contributed by atoms with E-state index in [2.05, 4.69) is 33.4 Å². The molecule has 16 nitrogen and oxygen atoms in total.